The average molecular weight is 391 g/mol. The molecule has 7 nitrogen and oxygen atoms in total. The van der Waals surface area contributed by atoms with Crippen molar-refractivity contribution < 1.29 is 9.90 Å². The van der Waals surface area contributed by atoms with Gasteiger partial charge in [-0.3, -0.25) is 9.69 Å². The number of nitrogens with zero attached hydrogens (tertiary/aromatic N) is 3. The van der Waals surface area contributed by atoms with Gasteiger partial charge in [0.2, 0.25) is 0 Å². The SMILES string of the molecule is O=C(NCc1ccccc1CN1CCCC1CO)c1n[nH]nc1-c1ccccc1. The number of carbonyl (C=O) groups excluding carboxylic acids is 1. The number of rotatable bonds is 7. The number of nitrogens with one attached hydrogen (secondary N) is 2. The Hall–Kier alpha value is -3.03. The van der Waals surface area contributed by atoms with E-state index in [4.69, 9.17) is 0 Å². The first-order valence-corrected chi connectivity index (χ1v) is 9.92. The normalized spacial score (nSPS) is 16.8. The van der Waals surface area contributed by atoms with Crippen LogP contribution in [-0.2, 0) is 13.1 Å². The number of aliphatic hydroxyl groups is 1. The molecular weight excluding hydrogens is 366 g/mol. The van der Waals surface area contributed by atoms with Crippen LogP contribution < -0.4 is 5.32 Å². The Morgan fingerprint density at radius 2 is 1.86 bits per heavy atom. The molecule has 0 radical (unpaired) electrons. The van der Waals surface area contributed by atoms with Gasteiger partial charge >= 0.3 is 0 Å². The summed E-state index contributed by atoms with van der Waals surface area (Å²) in [6, 6.07) is 17.8. The second-order valence-electron chi connectivity index (χ2n) is 7.29. The van der Waals surface area contributed by atoms with Gasteiger partial charge < -0.3 is 10.4 Å². The Labute approximate surface area is 169 Å². The van der Waals surface area contributed by atoms with Gasteiger partial charge in [0, 0.05) is 24.7 Å². The van der Waals surface area contributed by atoms with Crippen molar-refractivity contribution in [1.82, 2.24) is 25.6 Å². The number of carbonyl (C=O) groups is 1. The molecule has 2 heterocycles. The molecule has 3 N–H and O–H groups in total. The van der Waals surface area contributed by atoms with Crippen LogP contribution in [0.2, 0.25) is 0 Å². The van der Waals surface area contributed by atoms with Gasteiger partial charge in [-0.05, 0) is 30.5 Å². The van der Waals surface area contributed by atoms with Gasteiger partial charge in [-0.1, -0.05) is 54.6 Å². The second-order valence-corrected chi connectivity index (χ2v) is 7.29. The Bertz CT molecular complexity index is 957. The Kier molecular flexibility index (Phi) is 5.97. The van der Waals surface area contributed by atoms with E-state index in [0.717, 1.165) is 42.6 Å². The van der Waals surface area contributed by atoms with E-state index < -0.39 is 0 Å². The van der Waals surface area contributed by atoms with Crippen molar-refractivity contribution >= 4 is 5.91 Å². The predicted octanol–water partition coefficient (Wildman–Crippen LogP) is 2.36. The number of hydrogen-bond acceptors (Lipinski definition) is 5. The van der Waals surface area contributed by atoms with E-state index in [0.29, 0.717) is 12.2 Å². The maximum absolute atomic E-state index is 12.8. The van der Waals surface area contributed by atoms with E-state index in [1.165, 1.54) is 0 Å². The smallest absolute Gasteiger partial charge is 0.274 e. The number of benzene rings is 2. The van der Waals surface area contributed by atoms with Gasteiger partial charge in [0.15, 0.2) is 5.69 Å². The molecule has 1 aliphatic heterocycles. The summed E-state index contributed by atoms with van der Waals surface area (Å²) < 4.78 is 0. The van der Waals surface area contributed by atoms with Crippen LogP contribution in [0.5, 0.6) is 0 Å². The van der Waals surface area contributed by atoms with Crippen LogP contribution >= 0.6 is 0 Å². The van der Waals surface area contributed by atoms with E-state index in [-0.39, 0.29) is 24.2 Å². The number of H-pyrrole nitrogens is 1. The number of aromatic nitrogens is 3. The molecule has 29 heavy (non-hydrogen) atoms. The van der Waals surface area contributed by atoms with Crippen LogP contribution in [0.1, 0.15) is 34.5 Å². The first-order chi connectivity index (χ1) is 14.3. The fraction of sp³-hybridized carbons (Fsp3) is 0.318. The van der Waals surface area contributed by atoms with Crippen molar-refractivity contribution in [1.29, 1.82) is 0 Å². The van der Waals surface area contributed by atoms with Gasteiger partial charge in [0.05, 0.1) is 6.61 Å². The number of aliphatic hydroxyl groups excluding tert-OH is 1. The van der Waals surface area contributed by atoms with E-state index >= 15 is 0 Å². The first-order valence-electron chi connectivity index (χ1n) is 9.92. The lowest BCUT2D eigenvalue weighted by Gasteiger charge is -2.24. The van der Waals surface area contributed by atoms with Crippen molar-refractivity contribution in [3.8, 4) is 11.3 Å². The molecule has 1 aromatic heterocycles. The van der Waals surface area contributed by atoms with E-state index in [1.807, 2.05) is 48.5 Å². The summed E-state index contributed by atoms with van der Waals surface area (Å²) in [5.74, 6) is -0.262. The molecule has 1 atom stereocenters. The Morgan fingerprint density at radius 1 is 1.10 bits per heavy atom. The molecule has 1 aliphatic rings. The summed E-state index contributed by atoms with van der Waals surface area (Å²) >= 11 is 0. The molecule has 0 saturated carbocycles. The monoisotopic (exact) mass is 391 g/mol. The third-order valence-corrected chi connectivity index (χ3v) is 5.45. The lowest BCUT2D eigenvalue weighted by molar-refractivity contribution is 0.0946. The van der Waals surface area contributed by atoms with Crippen LogP contribution in [0, 0.1) is 0 Å². The zero-order valence-corrected chi connectivity index (χ0v) is 16.2. The molecule has 2 aromatic carbocycles. The lowest BCUT2D eigenvalue weighted by Crippen LogP contribution is -2.32. The fourth-order valence-electron chi connectivity index (χ4n) is 3.86. The predicted molar refractivity (Wildman–Crippen MR) is 110 cm³/mol. The molecule has 4 rings (SSSR count). The van der Waals surface area contributed by atoms with Gasteiger partial charge in [0.1, 0.15) is 5.69 Å². The molecule has 0 spiro atoms. The van der Waals surface area contributed by atoms with E-state index in [1.54, 1.807) is 0 Å². The fourth-order valence-corrected chi connectivity index (χ4v) is 3.86. The summed E-state index contributed by atoms with van der Waals surface area (Å²) in [6.07, 6.45) is 2.14. The van der Waals surface area contributed by atoms with E-state index in [9.17, 15) is 9.90 Å². The largest absolute Gasteiger partial charge is 0.395 e. The zero-order chi connectivity index (χ0) is 20.1. The molecule has 1 fully saturated rings. The number of hydrogen-bond donors (Lipinski definition) is 3. The van der Waals surface area contributed by atoms with Crippen LogP contribution in [0.3, 0.4) is 0 Å². The molecule has 1 unspecified atom stereocenters. The Morgan fingerprint density at radius 3 is 2.66 bits per heavy atom. The molecular formula is C22H25N5O2. The van der Waals surface area contributed by atoms with Crippen molar-refractivity contribution in [2.75, 3.05) is 13.2 Å². The molecule has 1 saturated heterocycles. The standard InChI is InChI=1S/C22H25N5O2/c28-15-19-11-6-12-27(19)14-18-10-5-4-9-17(18)13-23-22(29)21-20(24-26-25-21)16-7-2-1-3-8-16/h1-5,7-10,19,28H,6,11-15H2,(H,23,29)(H,24,25,26). The zero-order valence-electron chi connectivity index (χ0n) is 16.2. The van der Waals surface area contributed by atoms with Crippen molar-refractivity contribution in [2.45, 2.75) is 32.0 Å². The van der Waals surface area contributed by atoms with Crippen LogP contribution in [0.25, 0.3) is 11.3 Å². The van der Waals surface area contributed by atoms with Crippen molar-refractivity contribution in [3.05, 3.63) is 71.4 Å². The topological polar surface area (TPSA) is 94.1 Å². The minimum Gasteiger partial charge on any atom is -0.395 e. The first kappa shape index (κ1) is 19.3. The van der Waals surface area contributed by atoms with E-state index in [2.05, 4.69) is 31.7 Å². The van der Waals surface area contributed by atoms with Crippen molar-refractivity contribution in [3.63, 3.8) is 0 Å². The maximum atomic E-state index is 12.8. The van der Waals surface area contributed by atoms with Crippen molar-refractivity contribution in [2.24, 2.45) is 0 Å². The molecule has 0 aliphatic carbocycles. The molecule has 150 valence electrons. The summed E-state index contributed by atoms with van der Waals surface area (Å²) in [4.78, 5) is 15.1. The van der Waals surface area contributed by atoms with Gasteiger partial charge in [-0.2, -0.15) is 15.4 Å². The second kappa shape index (κ2) is 8.98. The maximum Gasteiger partial charge on any atom is 0.274 e. The van der Waals surface area contributed by atoms with Gasteiger partial charge in [-0.15, -0.1) is 0 Å². The van der Waals surface area contributed by atoms with Crippen LogP contribution in [0.15, 0.2) is 54.6 Å². The summed E-state index contributed by atoms with van der Waals surface area (Å²) in [7, 11) is 0. The number of amides is 1. The summed E-state index contributed by atoms with van der Waals surface area (Å²) in [5, 5.41) is 23.3. The highest BCUT2D eigenvalue weighted by Gasteiger charge is 2.24. The highest BCUT2D eigenvalue weighted by molar-refractivity contribution is 5.97. The lowest BCUT2D eigenvalue weighted by atomic mass is 10.1. The highest BCUT2D eigenvalue weighted by Crippen LogP contribution is 2.22. The van der Waals surface area contributed by atoms with Crippen LogP contribution in [0.4, 0.5) is 0 Å². The molecule has 7 heteroatoms. The minimum atomic E-state index is -0.262. The third-order valence-electron chi connectivity index (χ3n) is 5.45. The third kappa shape index (κ3) is 4.36. The highest BCUT2D eigenvalue weighted by atomic mass is 16.3. The minimum absolute atomic E-state index is 0.188. The van der Waals surface area contributed by atoms with Gasteiger partial charge in [-0.25, -0.2) is 0 Å². The molecule has 0 bridgehead atoms. The quantitative estimate of drug-likeness (QED) is 0.575. The van der Waals surface area contributed by atoms with Gasteiger partial charge in [0.25, 0.3) is 5.91 Å². The number of likely N-dealkylation sites (tertiary alicyclic amines) is 1. The summed E-state index contributed by atoms with van der Waals surface area (Å²) in [5.41, 5.74) is 3.90. The number of aromatic amines is 1. The Balaban J connectivity index is 1.45. The summed E-state index contributed by atoms with van der Waals surface area (Å²) in [6.45, 7) is 2.36. The van der Waals surface area contributed by atoms with Crippen LogP contribution in [-0.4, -0.2) is 50.5 Å². The molecule has 1 amide bonds. The molecule has 3 aromatic rings. The average Bonchev–Trinajstić information content (AvgIpc) is 3.43.